The van der Waals surface area contributed by atoms with Gasteiger partial charge in [-0.05, 0) is 38.5 Å². The van der Waals surface area contributed by atoms with Crippen molar-refractivity contribution in [3.63, 3.8) is 0 Å². The molecule has 0 bridgehead atoms. The number of hydrogen-bond donors (Lipinski definition) is 3. The molecule has 0 aliphatic rings. The van der Waals surface area contributed by atoms with Crippen LogP contribution in [0.25, 0.3) is 0 Å². The Hall–Kier alpha value is -1.65. The minimum Gasteiger partial charge on any atom is -0.395 e. The van der Waals surface area contributed by atoms with Gasteiger partial charge in [-0.15, -0.1) is 0 Å². The van der Waals surface area contributed by atoms with Gasteiger partial charge in [0.05, 0.1) is 19.1 Å². The van der Waals surface area contributed by atoms with Gasteiger partial charge in [-0.3, -0.25) is 4.79 Å². The Labute approximate surface area is 159 Å². The third-order valence-electron chi connectivity index (χ3n) is 3.72. The second-order valence-corrected chi connectivity index (χ2v) is 6.26. The van der Waals surface area contributed by atoms with Crippen LogP contribution in [0.3, 0.4) is 0 Å². The van der Waals surface area contributed by atoms with Gasteiger partial charge in [0, 0.05) is 6.54 Å². The molecule has 0 aliphatic heterocycles. The van der Waals surface area contributed by atoms with E-state index in [0.717, 1.165) is 19.3 Å². The first-order valence-corrected chi connectivity index (χ1v) is 9.86. The third kappa shape index (κ3) is 18.7. The van der Waals surface area contributed by atoms with Gasteiger partial charge in [0.1, 0.15) is 0 Å². The van der Waals surface area contributed by atoms with Gasteiger partial charge in [-0.25, -0.2) is 0 Å². The second kappa shape index (κ2) is 19.7. The van der Waals surface area contributed by atoms with Crippen molar-refractivity contribution in [3.8, 4) is 0 Å². The van der Waals surface area contributed by atoms with Crippen molar-refractivity contribution in [2.45, 2.75) is 70.8 Å². The van der Waals surface area contributed by atoms with E-state index in [4.69, 9.17) is 5.11 Å². The maximum atomic E-state index is 11.3. The highest BCUT2D eigenvalue weighted by atomic mass is 16.3. The summed E-state index contributed by atoms with van der Waals surface area (Å²) in [5.41, 5.74) is 0. The molecular formula is C22H37NO3. The monoisotopic (exact) mass is 363 g/mol. The second-order valence-electron chi connectivity index (χ2n) is 6.26. The average Bonchev–Trinajstić information content (AvgIpc) is 2.63. The summed E-state index contributed by atoms with van der Waals surface area (Å²) >= 11 is 0. The van der Waals surface area contributed by atoms with E-state index >= 15 is 0 Å². The van der Waals surface area contributed by atoms with Crippen LogP contribution >= 0.6 is 0 Å². The summed E-state index contributed by atoms with van der Waals surface area (Å²) in [6.07, 6.45) is 24.7. The molecule has 0 saturated carbocycles. The summed E-state index contributed by atoms with van der Waals surface area (Å²) in [6.45, 7) is 2.37. The average molecular weight is 364 g/mol. The molecular weight excluding hydrogens is 326 g/mol. The number of carbonyl (C=O) groups excluding carboxylic acids is 1. The predicted molar refractivity (Wildman–Crippen MR) is 110 cm³/mol. The summed E-state index contributed by atoms with van der Waals surface area (Å²) < 4.78 is 0. The minimum atomic E-state index is -0.674. The number of hydrogen-bond acceptors (Lipinski definition) is 3. The molecule has 1 atom stereocenters. The molecule has 4 nitrogen and oxygen atoms in total. The summed E-state index contributed by atoms with van der Waals surface area (Å²) in [4.78, 5) is 11.3. The number of amides is 1. The Balaban J connectivity index is 3.60. The lowest BCUT2D eigenvalue weighted by atomic mass is 10.1. The van der Waals surface area contributed by atoms with E-state index in [9.17, 15) is 9.90 Å². The van der Waals surface area contributed by atoms with Crippen LogP contribution in [0.15, 0.2) is 48.6 Å². The van der Waals surface area contributed by atoms with Gasteiger partial charge in [-0.2, -0.15) is 0 Å². The number of allylic oxidation sites excluding steroid dienone is 7. The molecule has 3 N–H and O–H groups in total. The summed E-state index contributed by atoms with van der Waals surface area (Å²) in [7, 11) is 0. The van der Waals surface area contributed by atoms with Crippen LogP contribution in [0.1, 0.15) is 64.7 Å². The highest BCUT2D eigenvalue weighted by Crippen LogP contribution is 2.02. The van der Waals surface area contributed by atoms with Crippen LogP contribution in [-0.2, 0) is 4.79 Å². The summed E-state index contributed by atoms with van der Waals surface area (Å²) in [5.74, 6) is -0.234. The van der Waals surface area contributed by atoms with Crippen molar-refractivity contribution < 1.29 is 15.0 Å². The molecule has 0 spiro atoms. The largest absolute Gasteiger partial charge is 0.395 e. The summed E-state index contributed by atoms with van der Waals surface area (Å²) in [6, 6.07) is 0. The molecule has 0 rings (SSSR count). The van der Waals surface area contributed by atoms with Crippen molar-refractivity contribution in [1.29, 1.82) is 0 Å². The highest BCUT2D eigenvalue weighted by Gasteiger charge is 2.08. The fourth-order valence-corrected chi connectivity index (χ4v) is 2.26. The topological polar surface area (TPSA) is 69.6 Å². The number of nitrogens with one attached hydrogen (secondary N) is 1. The lowest BCUT2D eigenvalue weighted by Gasteiger charge is -2.07. The van der Waals surface area contributed by atoms with Gasteiger partial charge >= 0.3 is 0 Å². The first-order chi connectivity index (χ1) is 12.7. The Morgan fingerprint density at radius 2 is 1.50 bits per heavy atom. The molecule has 0 unspecified atom stereocenters. The van der Waals surface area contributed by atoms with Crippen LogP contribution in [0.5, 0.6) is 0 Å². The van der Waals surface area contributed by atoms with Crippen LogP contribution < -0.4 is 5.32 Å². The normalized spacial score (nSPS) is 13.5. The lowest BCUT2D eigenvalue weighted by Crippen LogP contribution is -2.29. The fourth-order valence-electron chi connectivity index (χ4n) is 2.26. The van der Waals surface area contributed by atoms with E-state index in [-0.39, 0.29) is 25.5 Å². The zero-order valence-electron chi connectivity index (χ0n) is 16.3. The smallest absolute Gasteiger partial charge is 0.222 e. The standard InChI is InChI=1S/C22H37NO3/c1-2-3-4-5-6-7-8-9-10-11-12-13-14-15-16-17-21(25)20-22(26)23-18-19-24/h6-7,9-10,12-13,15-16,21,24-25H,2-5,8,11,14,17-20H2,1H3,(H,23,26)/b7-6-,10-9-,13-12-,16-15-/t21-/m1/s1. The van der Waals surface area contributed by atoms with Crippen molar-refractivity contribution in [3.05, 3.63) is 48.6 Å². The molecule has 0 radical (unpaired) electrons. The molecule has 0 aromatic rings. The van der Waals surface area contributed by atoms with Gasteiger partial charge in [0.15, 0.2) is 0 Å². The number of rotatable bonds is 16. The number of aliphatic hydroxyl groups is 2. The highest BCUT2D eigenvalue weighted by molar-refractivity contribution is 5.76. The minimum absolute atomic E-state index is 0.0675. The molecule has 0 fully saturated rings. The lowest BCUT2D eigenvalue weighted by molar-refractivity contribution is -0.123. The maximum Gasteiger partial charge on any atom is 0.222 e. The predicted octanol–water partition coefficient (Wildman–Crippen LogP) is 4.21. The zero-order valence-corrected chi connectivity index (χ0v) is 16.3. The Morgan fingerprint density at radius 3 is 2.08 bits per heavy atom. The summed E-state index contributed by atoms with van der Waals surface area (Å²) in [5, 5.41) is 20.8. The molecule has 0 saturated heterocycles. The molecule has 148 valence electrons. The molecule has 0 aromatic heterocycles. The van der Waals surface area contributed by atoms with E-state index in [0.29, 0.717) is 6.42 Å². The van der Waals surface area contributed by atoms with Crippen molar-refractivity contribution >= 4 is 5.91 Å². The molecule has 0 aliphatic carbocycles. The van der Waals surface area contributed by atoms with Gasteiger partial charge in [0.25, 0.3) is 0 Å². The first kappa shape index (κ1) is 24.4. The van der Waals surface area contributed by atoms with E-state index in [2.05, 4.69) is 48.7 Å². The Bertz CT molecular complexity index is 439. The number of aliphatic hydroxyl groups excluding tert-OH is 2. The van der Waals surface area contributed by atoms with Crippen LogP contribution in [0.2, 0.25) is 0 Å². The molecule has 26 heavy (non-hydrogen) atoms. The first-order valence-electron chi connectivity index (χ1n) is 9.86. The van der Waals surface area contributed by atoms with E-state index in [1.54, 1.807) is 0 Å². The number of carbonyl (C=O) groups is 1. The molecule has 0 heterocycles. The van der Waals surface area contributed by atoms with Crippen molar-refractivity contribution in [2.24, 2.45) is 0 Å². The van der Waals surface area contributed by atoms with E-state index in [1.807, 2.05) is 12.2 Å². The Morgan fingerprint density at radius 1 is 0.923 bits per heavy atom. The van der Waals surface area contributed by atoms with E-state index in [1.165, 1.54) is 25.7 Å². The fraction of sp³-hybridized carbons (Fsp3) is 0.591. The van der Waals surface area contributed by atoms with Gasteiger partial charge < -0.3 is 15.5 Å². The number of unbranched alkanes of at least 4 members (excludes halogenated alkanes) is 3. The molecule has 4 heteroatoms. The van der Waals surface area contributed by atoms with Crippen molar-refractivity contribution in [2.75, 3.05) is 13.2 Å². The SMILES string of the molecule is CCCCC/C=C\C/C=C\C/C=C\C/C=C\C[C@@H](O)CC(=O)NCCO. The van der Waals surface area contributed by atoms with Gasteiger partial charge in [-0.1, -0.05) is 68.4 Å². The van der Waals surface area contributed by atoms with Crippen LogP contribution in [-0.4, -0.2) is 35.4 Å². The maximum absolute atomic E-state index is 11.3. The van der Waals surface area contributed by atoms with Crippen LogP contribution in [0, 0.1) is 0 Å². The Kier molecular flexibility index (Phi) is 18.4. The van der Waals surface area contributed by atoms with Crippen molar-refractivity contribution in [1.82, 2.24) is 5.32 Å². The molecule has 0 aromatic carbocycles. The quantitative estimate of drug-likeness (QED) is 0.284. The van der Waals surface area contributed by atoms with Crippen LogP contribution in [0.4, 0.5) is 0 Å². The van der Waals surface area contributed by atoms with Gasteiger partial charge in [0.2, 0.25) is 5.91 Å². The molecule has 1 amide bonds. The third-order valence-corrected chi connectivity index (χ3v) is 3.72. The zero-order chi connectivity index (χ0) is 19.3. The van der Waals surface area contributed by atoms with E-state index < -0.39 is 6.10 Å².